The highest BCUT2D eigenvalue weighted by Crippen LogP contribution is 2.21. The molecule has 13 heavy (non-hydrogen) atoms. The van der Waals surface area contributed by atoms with Gasteiger partial charge in [0.25, 0.3) is 0 Å². The number of hydrogen-bond acceptors (Lipinski definition) is 2. The van der Waals surface area contributed by atoms with E-state index in [0.717, 1.165) is 5.56 Å². The summed E-state index contributed by atoms with van der Waals surface area (Å²) in [4.78, 5) is 0. The normalized spacial score (nSPS) is 12.9. The van der Waals surface area contributed by atoms with E-state index in [1.807, 2.05) is 13.2 Å². The van der Waals surface area contributed by atoms with Crippen LogP contribution in [0.3, 0.4) is 0 Å². The number of aryl methyl sites for hydroxylation is 1. The van der Waals surface area contributed by atoms with Gasteiger partial charge in [0.15, 0.2) is 0 Å². The summed E-state index contributed by atoms with van der Waals surface area (Å²) in [6, 6.07) is 4.79. The first-order valence-corrected chi connectivity index (χ1v) is 5.47. The van der Waals surface area contributed by atoms with Crippen molar-refractivity contribution < 1.29 is 9.50 Å². The first-order valence-electron chi connectivity index (χ1n) is 4.08. The molecule has 1 rings (SSSR count). The van der Waals surface area contributed by atoms with E-state index in [-0.39, 0.29) is 5.82 Å². The van der Waals surface area contributed by atoms with Crippen molar-refractivity contribution >= 4 is 11.8 Å². The van der Waals surface area contributed by atoms with Crippen LogP contribution in [0.4, 0.5) is 4.39 Å². The van der Waals surface area contributed by atoms with E-state index >= 15 is 0 Å². The van der Waals surface area contributed by atoms with Gasteiger partial charge in [-0.1, -0.05) is 17.7 Å². The fourth-order valence-electron chi connectivity index (χ4n) is 1.17. The molecule has 1 N–H and O–H groups in total. The van der Waals surface area contributed by atoms with E-state index in [1.165, 1.54) is 17.8 Å². The summed E-state index contributed by atoms with van der Waals surface area (Å²) >= 11 is 1.50. The molecule has 1 nitrogen and oxygen atoms in total. The Bertz CT molecular complexity index is 288. The summed E-state index contributed by atoms with van der Waals surface area (Å²) in [6.45, 7) is 1.88. The standard InChI is InChI=1S/C10H13FOS/c1-7-3-4-9(11)8(5-7)10(12)6-13-2/h3-5,10,12H,6H2,1-2H3. The zero-order valence-corrected chi connectivity index (χ0v) is 8.57. The number of halogens is 1. The topological polar surface area (TPSA) is 20.2 Å². The molecule has 0 aromatic heterocycles. The van der Waals surface area contributed by atoms with Crippen LogP contribution >= 0.6 is 11.8 Å². The van der Waals surface area contributed by atoms with Gasteiger partial charge in [-0.15, -0.1) is 0 Å². The van der Waals surface area contributed by atoms with Gasteiger partial charge in [0, 0.05) is 11.3 Å². The summed E-state index contributed by atoms with van der Waals surface area (Å²) in [7, 11) is 0. The van der Waals surface area contributed by atoms with Crippen LogP contribution in [0.25, 0.3) is 0 Å². The maximum absolute atomic E-state index is 13.2. The Hall–Kier alpha value is -0.540. The van der Waals surface area contributed by atoms with E-state index in [0.29, 0.717) is 11.3 Å². The second-order valence-electron chi connectivity index (χ2n) is 3.00. The van der Waals surface area contributed by atoms with Crippen molar-refractivity contribution in [3.8, 4) is 0 Å². The minimum absolute atomic E-state index is 0.327. The molecule has 0 aliphatic heterocycles. The predicted molar refractivity (Wildman–Crippen MR) is 54.5 cm³/mol. The first-order chi connectivity index (χ1) is 6.15. The van der Waals surface area contributed by atoms with Gasteiger partial charge in [0.2, 0.25) is 0 Å². The van der Waals surface area contributed by atoms with Crippen LogP contribution in [0, 0.1) is 12.7 Å². The molecule has 0 saturated carbocycles. The van der Waals surface area contributed by atoms with Gasteiger partial charge in [-0.25, -0.2) is 4.39 Å². The van der Waals surface area contributed by atoms with Crippen LogP contribution in [0.15, 0.2) is 18.2 Å². The van der Waals surface area contributed by atoms with Gasteiger partial charge in [0.05, 0.1) is 6.10 Å². The highest BCUT2D eigenvalue weighted by Gasteiger charge is 2.11. The van der Waals surface area contributed by atoms with E-state index in [2.05, 4.69) is 0 Å². The lowest BCUT2D eigenvalue weighted by Crippen LogP contribution is -2.03. The number of thioether (sulfide) groups is 1. The van der Waals surface area contributed by atoms with Gasteiger partial charge in [-0.2, -0.15) is 11.8 Å². The lowest BCUT2D eigenvalue weighted by atomic mass is 10.1. The summed E-state index contributed by atoms with van der Waals surface area (Å²) in [5.74, 6) is 0.201. The molecule has 72 valence electrons. The minimum Gasteiger partial charge on any atom is -0.387 e. The zero-order chi connectivity index (χ0) is 9.84. The third-order valence-corrected chi connectivity index (χ3v) is 2.48. The van der Waals surface area contributed by atoms with E-state index in [4.69, 9.17) is 0 Å². The summed E-state index contributed by atoms with van der Waals surface area (Å²) < 4.78 is 13.2. The average Bonchev–Trinajstić information content (AvgIpc) is 2.09. The molecule has 3 heteroatoms. The van der Waals surface area contributed by atoms with Crippen molar-refractivity contribution in [2.45, 2.75) is 13.0 Å². The largest absolute Gasteiger partial charge is 0.387 e. The smallest absolute Gasteiger partial charge is 0.129 e. The van der Waals surface area contributed by atoms with Gasteiger partial charge >= 0.3 is 0 Å². The molecule has 0 saturated heterocycles. The highest BCUT2D eigenvalue weighted by molar-refractivity contribution is 7.98. The second kappa shape index (κ2) is 4.63. The lowest BCUT2D eigenvalue weighted by Gasteiger charge is -2.10. The first kappa shape index (κ1) is 10.5. The molecular weight excluding hydrogens is 187 g/mol. The maximum Gasteiger partial charge on any atom is 0.129 e. The highest BCUT2D eigenvalue weighted by atomic mass is 32.2. The third kappa shape index (κ3) is 2.71. The number of aliphatic hydroxyl groups is 1. The summed E-state index contributed by atoms with van der Waals surface area (Å²) in [6.07, 6.45) is 1.19. The molecule has 0 amide bonds. The predicted octanol–water partition coefficient (Wildman–Crippen LogP) is 2.53. The summed E-state index contributed by atoms with van der Waals surface area (Å²) in [5, 5.41) is 9.56. The minimum atomic E-state index is -0.699. The number of hydrogen-bond donors (Lipinski definition) is 1. The van der Waals surface area contributed by atoms with Crippen LogP contribution in [0.2, 0.25) is 0 Å². The van der Waals surface area contributed by atoms with Crippen molar-refractivity contribution in [1.82, 2.24) is 0 Å². The quantitative estimate of drug-likeness (QED) is 0.809. The molecule has 0 radical (unpaired) electrons. The molecule has 0 bridgehead atoms. The summed E-state index contributed by atoms with van der Waals surface area (Å²) in [5.41, 5.74) is 1.37. The second-order valence-corrected chi connectivity index (χ2v) is 3.91. The molecular formula is C10H13FOS. The number of aliphatic hydroxyl groups excluding tert-OH is 1. The Labute approximate surface area is 82.0 Å². The Morgan fingerprint density at radius 2 is 2.23 bits per heavy atom. The lowest BCUT2D eigenvalue weighted by molar-refractivity contribution is 0.199. The molecule has 0 fully saturated rings. The molecule has 1 atom stereocenters. The fraction of sp³-hybridized carbons (Fsp3) is 0.400. The third-order valence-electron chi connectivity index (χ3n) is 1.84. The van der Waals surface area contributed by atoms with Crippen molar-refractivity contribution in [3.05, 3.63) is 35.1 Å². The Balaban J connectivity index is 2.91. The molecule has 0 spiro atoms. The SMILES string of the molecule is CSCC(O)c1cc(C)ccc1F. The molecule has 1 unspecified atom stereocenters. The Morgan fingerprint density at radius 1 is 1.54 bits per heavy atom. The Morgan fingerprint density at radius 3 is 2.85 bits per heavy atom. The molecule has 0 heterocycles. The van der Waals surface area contributed by atoms with Crippen molar-refractivity contribution in [1.29, 1.82) is 0 Å². The monoisotopic (exact) mass is 200 g/mol. The van der Waals surface area contributed by atoms with Gasteiger partial charge in [0.1, 0.15) is 5.82 Å². The molecule has 0 aliphatic carbocycles. The number of rotatable bonds is 3. The van der Waals surface area contributed by atoms with Crippen LogP contribution in [0.5, 0.6) is 0 Å². The van der Waals surface area contributed by atoms with Crippen LogP contribution < -0.4 is 0 Å². The van der Waals surface area contributed by atoms with Gasteiger partial charge in [-0.05, 0) is 19.2 Å². The Kier molecular flexibility index (Phi) is 3.75. The zero-order valence-electron chi connectivity index (χ0n) is 7.75. The van der Waals surface area contributed by atoms with Crippen LogP contribution in [-0.2, 0) is 0 Å². The fourth-order valence-corrected chi connectivity index (χ4v) is 1.66. The van der Waals surface area contributed by atoms with Crippen molar-refractivity contribution in [2.75, 3.05) is 12.0 Å². The number of benzene rings is 1. The maximum atomic E-state index is 13.2. The average molecular weight is 200 g/mol. The van der Waals surface area contributed by atoms with Gasteiger partial charge in [-0.3, -0.25) is 0 Å². The van der Waals surface area contributed by atoms with Crippen LogP contribution in [0.1, 0.15) is 17.2 Å². The van der Waals surface area contributed by atoms with E-state index in [1.54, 1.807) is 12.1 Å². The molecule has 0 aliphatic rings. The molecule has 1 aromatic rings. The van der Waals surface area contributed by atoms with Crippen molar-refractivity contribution in [2.24, 2.45) is 0 Å². The van der Waals surface area contributed by atoms with E-state index < -0.39 is 6.10 Å². The molecule has 1 aromatic carbocycles. The van der Waals surface area contributed by atoms with Crippen molar-refractivity contribution in [3.63, 3.8) is 0 Å². The van der Waals surface area contributed by atoms with E-state index in [9.17, 15) is 9.50 Å². The van der Waals surface area contributed by atoms with Gasteiger partial charge < -0.3 is 5.11 Å². The van der Waals surface area contributed by atoms with Crippen LogP contribution in [-0.4, -0.2) is 17.1 Å².